The fourth-order valence-corrected chi connectivity index (χ4v) is 4.03. The second kappa shape index (κ2) is 8.44. The molecule has 0 atom stereocenters. The third-order valence-corrected chi connectivity index (χ3v) is 5.91. The van der Waals surface area contributed by atoms with Crippen LogP contribution in [0.15, 0.2) is 63.8 Å². The van der Waals surface area contributed by atoms with E-state index in [0.29, 0.717) is 12.1 Å². The number of aromatic nitrogens is 1. The number of benzene rings is 2. The maximum atomic E-state index is 12.0. The summed E-state index contributed by atoms with van der Waals surface area (Å²) in [5.74, 6) is -0.251. The van der Waals surface area contributed by atoms with E-state index in [-0.39, 0.29) is 5.76 Å². The molecule has 0 amide bonds. The third kappa shape index (κ3) is 4.35. The average Bonchev–Trinajstić information content (AvgIpc) is 3.02. The standard InChI is InChI=1S/C22H23IN2O2/c23-19-9-7-17(8-10-19)18-11-15-24(16-12-18)13-3-4-14-25-20-5-1-2-6-21(20)27-22(25)26/h1-2,5-11H,3-4,12-16H2. The minimum absolute atomic E-state index is 0.251. The molecule has 27 heavy (non-hydrogen) atoms. The van der Waals surface area contributed by atoms with Crippen molar-refractivity contribution in [3.8, 4) is 0 Å². The number of halogens is 1. The van der Waals surface area contributed by atoms with Gasteiger partial charge in [-0.2, -0.15) is 0 Å². The summed E-state index contributed by atoms with van der Waals surface area (Å²) in [7, 11) is 0. The first-order chi connectivity index (χ1) is 13.2. The number of fused-ring (bicyclic) bond motifs is 1. The Bertz CT molecular complexity index is 1000. The number of nitrogens with zero attached hydrogens (tertiary/aromatic N) is 2. The molecule has 1 aliphatic heterocycles. The van der Waals surface area contributed by atoms with Gasteiger partial charge < -0.3 is 4.42 Å². The van der Waals surface area contributed by atoms with E-state index in [1.807, 2.05) is 24.3 Å². The van der Waals surface area contributed by atoms with Crippen molar-refractivity contribution in [3.05, 3.63) is 74.3 Å². The van der Waals surface area contributed by atoms with Gasteiger partial charge in [-0.05, 0) is 83.8 Å². The van der Waals surface area contributed by atoms with Crippen LogP contribution in [0.4, 0.5) is 0 Å². The van der Waals surface area contributed by atoms with Crippen LogP contribution in [-0.4, -0.2) is 29.1 Å². The smallest absolute Gasteiger partial charge is 0.408 e. The summed E-state index contributed by atoms with van der Waals surface area (Å²) >= 11 is 2.34. The molecule has 0 fully saturated rings. The molecule has 2 heterocycles. The summed E-state index contributed by atoms with van der Waals surface area (Å²) in [4.78, 5) is 14.5. The van der Waals surface area contributed by atoms with Crippen LogP contribution in [0.2, 0.25) is 0 Å². The zero-order valence-corrected chi connectivity index (χ0v) is 17.4. The Morgan fingerprint density at radius 1 is 1.00 bits per heavy atom. The van der Waals surface area contributed by atoms with Gasteiger partial charge in [0.1, 0.15) is 0 Å². The molecule has 5 heteroatoms. The lowest BCUT2D eigenvalue weighted by atomic mass is 9.99. The highest BCUT2D eigenvalue weighted by Crippen LogP contribution is 2.23. The third-order valence-electron chi connectivity index (χ3n) is 5.19. The number of aryl methyl sites for hydroxylation is 1. The molecule has 1 aliphatic rings. The van der Waals surface area contributed by atoms with Crippen LogP contribution < -0.4 is 5.76 Å². The van der Waals surface area contributed by atoms with Gasteiger partial charge in [0.25, 0.3) is 0 Å². The van der Waals surface area contributed by atoms with Crippen molar-refractivity contribution in [2.24, 2.45) is 0 Å². The zero-order chi connectivity index (χ0) is 18.6. The molecule has 0 saturated carbocycles. The first kappa shape index (κ1) is 18.5. The van der Waals surface area contributed by atoms with Crippen molar-refractivity contribution in [1.29, 1.82) is 0 Å². The highest BCUT2D eigenvalue weighted by Gasteiger charge is 2.13. The summed E-state index contributed by atoms with van der Waals surface area (Å²) in [6.07, 6.45) is 5.53. The summed E-state index contributed by atoms with van der Waals surface area (Å²) in [5.41, 5.74) is 4.37. The first-order valence-corrected chi connectivity index (χ1v) is 10.5. The summed E-state index contributed by atoms with van der Waals surface area (Å²) in [5, 5.41) is 0. The predicted octanol–water partition coefficient (Wildman–Crippen LogP) is 4.77. The molecule has 4 rings (SSSR count). The van der Waals surface area contributed by atoms with Crippen molar-refractivity contribution in [3.63, 3.8) is 0 Å². The largest absolute Gasteiger partial charge is 0.419 e. The molecule has 140 valence electrons. The van der Waals surface area contributed by atoms with Crippen molar-refractivity contribution in [1.82, 2.24) is 9.47 Å². The van der Waals surface area contributed by atoms with Crippen LogP contribution in [0.1, 0.15) is 24.8 Å². The molecular formula is C22H23IN2O2. The number of para-hydroxylation sites is 2. The maximum absolute atomic E-state index is 12.0. The van der Waals surface area contributed by atoms with Gasteiger partial charge in [-0.15, -0.1) is 0 Å². The lowest BCUT2D eigenvalue weighted by Gasteiger charge is -2.26. The van der Waals surface area contributed by atoms with E-state index in [4.69, 9.17) is 4.42 Å². The second-order valence-electron chi connectivity index (χ2n) is 6.98. The predicted molar refractivity (Wildman–Crippen MR) is 118 cm³/mol. The van der Waals surface area contributed by atoms with E-state index in [9.17, 15) is 4.79 Å². The maximum Gasteiger partial charge on any atom is 0.419 e. The molecule has 0 bridgehead atoms. The zero-order valence-electron chi connectivity index (χ0n) is 15.2. The van der Waals surface area contributed by atoms with Crippen molar-refractivity contribution < 1.29 is 4.42 Å². The van der Waals surface area contributed by atoms with Gasteiger partial charge in [0.05, 0.1) is 5.52 Å². The Kier molecular flexibility index (Phi) is 5.78. The second-order valence-corrected chi connectivity index (χ2v) is 8.23. The van der Waals surface area contributed by atoms with E-state index in [2.05, 4.69) is 57.8 Å². The summed E-state index contributed by atoms with van der Waals surface area (Å²) < 4.78 is 8.32. The molecule has 3 aromatic rings. The molecule has 0 spiro atoms. The van der Waals surface area contributed by atoms with Gasteiger partial charge in [0, 0.05) is 23.2 Å². The van der Waals surface area contributed by atoms with Crippen LogP contribution in [0.5, 0.6) is 0 Å². The SMILES string of the molecule is O=c1oc2ccccc2n1CCCCN1CC=C(c2ccc(I)cc2)CC1. The van der Waals surface area contributed by atoms with E-state index < -0.39 is 0 Å². The van der Waals surface area contributed by atoms with Crippen molar-refractivity contribution in [2.45, 2.75) is 25.8 Å². The minimum Gasteiger partial charge on any atom is -0.408 e. The van der Waals surface area contributed by atoms with Gasteiger partial charge >= 0.3 is 5.76 Å². The molecule has 0 radical (unpaired) electrons. The number of hydrogen-bond acceptors (Lipinski definition) is 3. The average molecular weight is 474 g/mol. The molecular weight excluding hydrogens is 451 g/mol. The van der Waals surface area contributed by atoms with Crippen molar-refractivity contribution in [2.75, 3.05) is 19.6 Å². The van der Waals surface area contributed by atoms with Crippen LogP contribution >= 0.6 is 22.6 Å². The molecule has 0 aliphatic carbocycles. The normalized spacial score (nSPS) is 15.2. The monoisotopic (exact) mass is 474 g/mol. The highest BCUT2D eigenvalue weighted by molar-refractivity contribution is 14.1. The summed E-state index contributed by atoms with van der Waals surface area (Å²) in [6.45, 7) is 3.90. The lowest BCUT2D eigenvalue weighted by Crippen LogP contribution is -2.29. The van der Waals surface area contributed by atoms with Crippen LogP contribution in [0, 0.1) is 3.57 Å². The van der Waals surface area contributed by atoms with Gasteiger partial charge in [-0.3, -0.25) is 9.47 Å². The van der Waals surface area contributed by atoms with Crippen LogP contribution in [-0.2, 0) is 6.54 Å². The Hall–Kier alpha value is -1.86. The van der Waals surface area contributed by atoms with Crippen LogP contribution in [0.3, 0.4) is 0 Å². The topological polar surface area (TPSA) is 38.4 Å². The highest BCUT2D eigenvalue weighted by atomic mass is 127. The van der Waals surface area contributed by atoms with Gasteiger partial charge in [-0.1, -0.05) is 30.3 Å². The molecule has 0 saturated heterocycles. The van der Waals surface area contributed by atoms with Gasteiger partial charge in [-0.25, -0.2) is 4.79 Å². The number of rotatable bonds is 6. The molecule has 4 nitrogen and oxygen atoms in total. The summed E-state index contributed by atoms with van der Waals surface area (Å²) in [6, 6.07) is 16.4. The number of unbranched alkanes of at least 4 members (excludes halogenated alkanes) is 1. The molecule has 0 unspecified atom stereocenters. The molecule has 2 aromatic carbocycles. The minimum atomic E-state index is -0.251. The first-order valence-electron chi connectivity index (χ1n) is 9.46. The Morgan fingerprint density at radius 3 is 2.56 bits per heavy atom. The van der Waals surface area contributed by atoms with Gasteiger partial charge in [0.15, 0.2) is 5.58 Å². The fraction of sp³-hybridized carbons (Fsp3) is 0.318. The molecule has 0 N–H and O–H groups in total. The van der Waals surface area contributed by atoms with Gasteiger partial charge in [0.2, 0.25) is 0 Å². The number of oxazole rings is 1. The van der Waals surface area contributed by atoms with E-state index in [1.165, 1.54) is 14.7 Å². The Morgan fingerprint density at radius 2 is 1.78 bits per heavy atom. The van der Waals surface area contributed by atoms with E-state index in [0.717, 1.165) is 44.4 Å². The van der Waals surface area contributed by atoms with Crippen molar-refractivity contribution >= 4 is 39.3 Å². The Labute approximate surface area is 172 Å². The Balaban J connectivity index is 1.27. The number of hydrogen-bond donors (Lipinski definition) is 0. The van der Waals surface area contributed by atoms with Crippen LogP contribution in [0.25, 0.3) is 16.7 Å². The van der Waals surface area contributed by atoms with E-state index in [1.54, 1.807) is 4.57 Å². The fourth-order valence-electron chi connectivity index (χ4n) is 3.67. The van der Waals surface area contributed by atoms with E-state index >= 15 is 0 Å². The molecule has 1 aromatic heterocycles. The quantitative estimate of drug-likeness (QED) is 0.382. The lowest BCUT2D eigenvalue weighted by molar-refractivity contribution is 0.292.